The molecule has 0 aliphatic carbocycles. The number of benzene rings is 2. The highest BCUT2D eigenvalue weighted by atomic mass is 79.9. The number of amides is 1. The Morgan fingerprint density at radius 1 is 1.15 bits per heavy atom. The van der Waals surface area contributed by atoms with Crippen LogP contribution in [0.4, 0.5) is 4.79 Å². The van der Waals surface area contributed by atoms with E-state index in [1.165, 1.54) is 11.1 Å². The molecule has 0 bridgehead atoms. The highest BCUT2D eigenvalue weighted by Gasteiger charge is 2.34. The van der Waals surface area contributed by atoms with Crippen LogP contribution in [0.1, 0.15) is 30.4 Å². The summed E-state index contributed by atoms with van der Waals surface area (Å²) in [5.41, 5.74) is 4.43. The topological polar surface area (TPSA) is 41.9 Å². The van der Waals surface area contributed by atoms with Gasteiger partial charge in [-0.2, -0.15) is 0 Å². The predicted octanol–water partition coefficient (Wildman–Crippen LogP) is 5.44. The fraction of sp³-hybridized carbons (Fsp3) is 0.273. The molecule has 4 nitrogen and oxygen atoms in total. The van der Waals surface area contributed by atoms with E-state index in [0.717, 1.165) is 41.6 Å². The van der Waals surface area contributed by atoms with E-state index in [-0.39, 0.29) is 12.1 Å². The summed E-state index contributed by atoms with van der Waals surface area (Å²) >= 11 is 3.47. The molecule has 0 radical (unpaired) electrons. The molecule has 4 rings (SSSR count). The van der Waals surface area contributed by atoms with Gasteiger partial charge in [0.1, 0.15) is 6.61 Å². The maximum atomic E-state index is 12.6. The first-order valence-corrected chi connectivity index (χ1v) is 9.99. The van der Waals surface area contributed by atoms with Crippen LogP contribution < -0.4 is 0 Å². The summed E-state index contributed by atoms with van der Waals surface area (Å²) in [5, 5.41) is 0. The first-order chi connectivity index (χ1) is 13.2. The molecule has 0 N–H and O–H groups in total. The number of aliphatic imine (C=N–C) groups is 1. The van der Waals surface area contributed by atoms with Crippen LogP contribution in [0, 0.1) is 0 Å². The minimum Gasteiger partial charge on any atom is -0.445 e. The lowest BCUT2D eigenvalue weighted by Crippen LogP contribution is -2.40. The molecular formula is C22H21BrN2O2. The first kappa shape index (κ1) is 18.0. The van der Waals surface area contributed by atoms with E-state index in [1.54, 1.807) is 0 Å². The van der Waals surface area contributed by atoms with E-state index >= 15 is 0 Å². The molecule has 27 heavy (non-hydrogen) atoms. The Kier molecular flexibility index (Phi) is 5.39. The molecule has 2 aliphatic rings. The molecule has 2 aliphatic heterocycles. The van der Waals surface area contributed by atoms with Gasteiger partial charge in [-0.1, -0.05) is 58.4 Å². The molecule has 5 heteroatoms. The maximum Gasteiger partial charge on any atom is 0.410 e. The third kappa shape index (κ3) is 4.14. The quantitative estimate of drug-likeness (QED) is 0.655. The van der Waals surface area contributed by atoms with Gasteiger partial charge >= 0.3 is 6.09 Å². The van der Waals surface area contributed by atoms with Gasteiger partial charge < -0.3 is 4.74 Å². The van der Waals surface area contributed by atoms with Crippen LogP contribution in [0.25, 0.3) is 5.57 Å². The van der Waals surface area contributed by atoms with Crippen LogP contribution in [0.5, 0.6) is 0 Å². The van der Waals surface area contributed by atoms with Crippen LogP contribution in [-0.2, 0) is 11.3 Å². The van der Waals surface area contributed by atoms with E-state index < -0.39 is 0 Å². The number of likely N-dealkylation sites (tertiary alicyclic amines) is 1. The Bertz CT molecular complexity index is 875. The Morgan fingerprint density at radius 3 is 2.70 bits per heavy atom. The minimum atomic E-state index is -0.249. The fourth-order valence-corrected chi connectivity index (χ4v) is 3.89. The second-order valence-corrected chi connectivity index (χ2v) is 7.77. The van der Waals surface area contributed by atoms with Crippen molar-refractivity contribution in [3.63, 3.8) is 0 Å². The lowest BCUT2D eigenvalue weighted by Gasteiger charge is -2.24. The second kappa shape index (κ2) is 8.09. The number of carbonyl (C=O) groups excluding carboxylic acids is 1. The zero-order chi connectivity index (χ0) is 18.6. The van der Waals surface area contributed by atoms with Gasteiger partial charge in [0.25, 0.3) is 0 Å². The molecule has 2 aromatic carbocycles. The SMILES string of the molecule is O=C(OCc1ccccc1)N1CCC[C@@H]1C1=NC=C(c2ccc(Br)cc2)C1. The van der Waals surface area contributed by atoms with Gasteiger partial charge in [0.05, 0.1) is 6.04 Å². The van der Waals surface area contributed by atoms with Crippen LogP contribution in [0.3, 0.4) is 0 Å². The van der Waals surface area contributed by atoms with Gasteiger partial charge in [-0.15, -0.1) is 0 Å². The molecule has 138 valence electrons. The lowest BCUT2D eigenvalue weighted by atomic mass is 9.99. The van der Waals surface area contributed by atoms with Crippen molar-refractivity contribution >= 4 is 33.3 Å². The Labute approximate surface area is 167 Å². The van der Waals surface area contributed by atoms with Crippen molar-refractivity contribution in [1.82, 2.24) is 4.90 Å². The zero-order valence-electron chi connectivity index (χ0n) is 15.0. The predicted molar refractivity (Wildman–Crippen MR) is 111 cm³/mol. The van der Waals surface area contributed by atoms with Gasteiger partial charge in [-0.25, -0.2) is 4.79 Å². The van der Waals surface area contributed by atoms with Gasteiger partial charge in [0.15, 0.2) is 0 Å². The van der Waals surface area contributed by atoms with Crippen molar-refractivity contribution in [3.05, 3.63) is 76.4 Å². The van der Waals surface area contributed by atoms with Crippen molar-refractivity contribution in [2.24, 2.45) is 4.99 Å². The van der Waals surface area contributed by atoms with Crippen molar-refractivity contribution in [2.45, 2.75) is 31.9 Å². The normalized spacial score (nSPS) is 19.0. The van der Waals surface area contributed by atoms with E-state index in [2.05, 4.69) is 33.1 Å². The summed E-state index contributed by atoms with van der Waals surface area (Å²) in [6, 6.07) is 18.1. The molecular weight excluding hydrogens is 404 g/mol. The number of allylic oxidation sites excluding steroid dienone is 1. The summed E-state index contributed by atoms with van der Waals surface area (Å²) in [7, 11) is 0. The van der Waals surface area contributed by atoms with Crippen LogP contribution >= 0.6 is 15.9 Å². The van der Waals surface area contributed by atoms with Crippen molar-refractivity contribution in [3.8, 4) is 0 Å². The number of nitrogens with zero attached hydrogens (tertiary/aromatic N) is 2. The largest absolute Gasteiger partial charge is 0.445 e. The summed E-state index contributed by atoms with van der Waals surface area (Å²) in [6.07, 6.45) is 4.40. The highest BCUT2D eigenvalue weighted by Crippen LogP contribution is 2.30. The molecule has 2 aromatic rings. The molecule has 1 amide bonds. The molecule has 2 heterocycles. The second-order valence-electron chi connectivity index (χ2n) is 6.85. The van der Waals surface area contributed by atoms with E-state index in [4.69, 9.17) is 4.74 Å². The van der Waals surface area contributed by atoms with E-state index in [0.29, 0.717) is 6.61 Å². The highest BCUT2D eigenvalue weighted by molar-refractivity contribution is 9.10. The number of carbonyl (C=O) groups is 1. The molecule has 1 saturated heterocycles. The number of halogens is 1. The first-order valence-electron chi connectivity index (χ1n) is 9.19. The fourth-order valence-electron chi connectivity index (χ4n) is 3.63. The summed E-state index contributed by atoms with van der Waals surface area (Å²) < 4.78 is 6.60. The smallest absolute Gasteiger partial charge is 0.410 e. The van der Waals surface area contributed by atoms with Crippen molar-refractivity contribution in [1.29, 1.82) is 0 Å². The van der Waals surface area contributed by atoms with Gasteiger partial charge in [-0.3, -0.25) is 9.89 Å². The summed E-state index contributed by atoms with van der Waals surface area (Å²) in [5.74, 6) is 0. The molecule has 1 fully saturated rings. The number of rotatable bonds is 4. The number of hydrogen-bond donors (Lipinski definition) is 0. The van der Waals surface area contributed by atoms with Crippen molar-refractivity contribution in [2.75, 3.05) is 6.54 Å². The monoisotopic (exact) mass is 424 g/mol. The molecule has 0 unspecified atom stereocenters. The van der Waals surface area contributed by atoms with Gasteiger partial charge in [-0.05, 0) is 41.7 Å². The average Bonchev–Trinajstić information content (AvgIpc) is 3.37. The van der Waals surface area contributed by atoms with Crippen molar-refractivity contribution < 1.29 is 9.53 Å². The van der Waals surface area contributed by atoms with Gasteiger partial charge in [0, 0.05) is 29.3 Å². The molecule has 1 atom stereocenters. The summed E-state index contributed by atoms with van der Waals surface area (Å²) in [4.78, 5) is 19.1. The zero-order valence-corrected chi connectivity index (χ0v) is 16.6. The third-order valence-electron chi connectivity index (χ3n) is 5.05. The summed E-state index contributed by atoms with van der Waals surface area (Å²) in [6.45, 7) is 1.03. The standard InChI is InChI=1S/C22H21BrN2O2/c23-19-10-8-17(9-11-19)18-13-20(24-14-18)21-7-4-12-25(21)22(26)27-15-16-5-2-1-3-6-16/h1-3,5-6,8-11,14,21H,4,7,12-13,15H2/t21-/m1/s1. The van der Waals surface area contributed by atoms with Crippen LogP contribution in [-0.4, -0.2) is 29.3 Å². The maximum absolute atomic E-state index is 12.6. The van der Waals surface area contributed by atoms with E-state index in [1.807, 2.05) is 53.6 Å². The molecule has 0 spiro atoms. The average molecular weight is 425 g/mol. The Morgan fingerprint density at radius 2 is 1.93 bits per heavy atom. The molecule has 0 aromatic heterocycles. The number of ether oxygens (including phenoxy) is 1. The van der Waals surface area contributed by atoms with E-state index in [9.17, 15) is 4.79 Å². The lowest BCUT2D eigenvalue weighted by molar-refractivity contribution is 0.0992. The number of hydrogen-bond acceptors (Lipinski definition) is 3. The molecule has 0 saturated carbocycles. The third-order valence-corrected chi connectivity index (χ3v) is 5.58. The van der Waals surface area contributed by atoms with Gasteiger partial charge in [0.2, 0.25) is 0 Å². The Balaban J connectivity index is 1.37. The van der Waals surface area contributed by atoms with Crippen LogP contribution in [0.2, 0.25) is 0 Å². The Hall–Kier alpha value is -2.40. The van der Waals surface area contributed by atoms with Crippen LogP contribution in [0.15, 0.2) is 70.3 Å². The minimum absolute atomic E-state index is 0.0393.